The van der Waals surface area contributed by atoms with Crippen molar-refractivity contribution >= 4 is 35.0 Å². The van der Waals surface area contributed by atoms with E-state index in [1.54, 1.807) is 24.3 Å². The van der Waals surface area contributed by atoms with Gasteiger partial charge >= 0.3 is 0 Å². The number of methoxy groups -OCH3 is 1. The Kier molecular flexibility index (Phi) is 6.99. The van der Waals surface area contributed by atoms with Crippen LogP contribution in [0.2, 0.25) is 5.02 Å². The number of anilines is 2. The van der Waals surface area contributed by atoms with Crippen molar-refractivity contribution in [2.24, 2.45) is 0 Å². The van der Waals surface area contributed by atoms with Gasteiger partial charge in [-0.05, 0) is 55.7 Å². The largest absolute Gasteiger partial charge is 0.491 e. The first-order chi connectivity index (χ1) is 14.0. The van der Waals surface area contributed by atoms with E-state index < -0.39 is 11.7 Å². The molecule has 2 aromatic rings. The molecule has 1 saturated heterocycles. The lowest BCUT2D eigenvalue weighted by atomic mass is 10.1. The Morgan fingerprint density at radius 2 is 2.07 bits per heavy atom. The van der Waals surface area contributed by atoms with E-state index >= 15 is 0 Å². The van der Waals surface area contributed by atoms with Gasteiger partial charge in [0.25, 0.3) is 0 Å². The molecule has 0 aromatic heterocycles. The summed E-state index contributed by atoms with van der Waals surface area (Å²) in [6.45, 7) is 4.02. The third-order valence-corrected chi connectivity index (χ3v) is 4.93. The molecule has 154 valence electrons. The molecule has 2 aromatic carbocycles. The van der Waals surface area contributed by atoms with Crippen molar-refractivity contribution in [2.75, 3.05) is 37.0 Å². The molecule has 0 saturated carbocycles. The van der Waals surface area contributed by atoms with Crippen LogP contribution in [0.15, 0.2) is 36.4 Å². The summed E-state index contributed by atoms with van der Waals surface area (Å²) in [6.07, 6.45) is 5.06. The summed E-state index contributed by atoms with van der Waals surface area (Å²) < 4.78 is 25.2. The van der Waals surface area contributed by atoms with Gasteiger partial charge in [0.1, 0.15) is 11.5 Å². The molecule has 1 aliphatic rings. The fourth-order valence-corrected chi connectivity index (χ4v) is 3.64. The van der Waals surface area contributed by atoms with Gasteiger partial charge in [0, 0.05) is 19.2 Å². The van der Waals surface area contributed by atoms with Crippen molar-refractivity contribution < 1.29 is 18.7 Å². The number of benzene rings is 2. The average Bonchev–Trinajstić information content (AvgIpc) is 3.23. The molecule has 0 spiro atoms. The molecule has 7 heteroatoms. The standard InChI is InChI=1S/C22H24ClFN2O3/c1-3-29-19-14-15(13-16(23)22(19)28-2)9-10-20(27)25-21-17(24)7-6-8-18(21)26-11-4-5-12-26/h6-10,13-14H,3-5,11-12H2,1-2H3,(H,25,27)/b10-9+. The second-order valence-corrected chi connectivity index (χ2v) is 7.03. The molecular formula is C22H24ClFN2O3. The second-order valence-electron chi connectivity index (χ2n) is 6.62. The summed E-state index contributed by atoms with van der Waals surface area (Å²) in [6, 6.07) is 8.23. The average molecular weight is 419 g/mol. The summed E-state index contributed by atoms with van der Waals surface area (Å²) in [5, 5.41) is 3.05. The number of ether oxygens (including phenoxy) is 2. The molecule has 1 aliphatic heterocycles. The molecule has 0 atom stereocenters. The fraction of sp³-hybridized carbons (Fsp3) is 0.318. The van der Waals surface area contributed by atoms with Gasteiger partial charge in [-0.25, -0.2) is 4.39 Å². The Balaban J connectivity index is 1.79. The highest BCUT2D eigenvalue weighted by Gasteiger charge is 2.19. The zero-order valence-corrected chi connectivity index (χ0v) is 17.3. The second kappa shape index (κ2) is 9.65. The van der Waals surface area contributed by atoms with Gasteiger partial charge in [-0.2, -0.15) is 0 Å². The van der Waals surface area contributed by atoms with Crippen LogP contribution in [0.25, 0.3) is 6.08 Å². The number of hydrogen-bond donors (Lipinski definition) is 1. The van der Waals surface area contributed by atoms with Crippen LogP contribution in [0.5, 0.6) is 11.5 Å². The fourth-order valence-electron chi connectivity index (χ4n) is 3.34. The number of nitrogens with zero attached hydrogens (tertiary/aromatic N) is 1. The van der Waals surface area contributed by atoms with Crippen molar-refractivity contribution in [1.82, 2.24) is 0 Å². The van der Waals surface area contributed by atoms with Crippen molar-refractivity contribution in [3.05, 3.63) is 52.8 Å². The van der Waals surface area contributed by atoms with Crippen molar-refractivity contribution in [2.45, 2.75) is 19.8 Å². The van der Waals surface area contributed by atoms with Crippen molar-refractivity contribution in [3.8, 4) is 11.5 Å². The smallest absolute Gasteiger partial charge is 0.248 e. The minimum absolute atomic E-state index is 0.201. The van der Waals surface area contributed by atoms with Crippen LogP contribution in [-0.2, 0) is 4.79 Å². The summed E-state index contributed by atoms with van der Waals surface area (Å²) in [4.78, 5) is 14.5. The predicted octanol–water partition coefficient (Wildman–Crippen LogP) is 5.14. The third-order valence-electron chi connectivity index (χ3n) is 4.65. The minimum atomic E-state index is -0.456. The molecule has 5 nitrogen and oxygen atoms in total. The lowest BCUT2D eigenvalue weighted by molar-refractivity contribution is -0.111. The lowest BCUT2D eigenvalue weighted by Gasteiger charge is -2.21. The molecule has 0 aliphatic carbocycles. The highest BCUT2D eigenvalue weighted by atomic mass is 35.5. The molecule has 29 heavy (non-hydrogen) atoms. The maximum atomic E-state index is 14.4. The molecule has 1 heterocycles. The Morgan fingerprint density at radius 1 is 1.31 bits per heavy atom. The van der Waals surface area contributed by atoms with Crippen LogP contribution >= 0.6 is 11.6 Å². The number of rotatable bonds is 7. The SMILES string of the molecule is CCOc1cc(/C=C/C(=O)Nc2c(F)cccc2N2CCCC2)cc(Cl)c1OC. The molecular weight excluding hydrogens is 395 g/mol. The molecule has 3 rings (SSSR count). The number of carbonyl (C=O) groups is 1. The minimum Gasteiger partial charge on any atom is -0.491 e. The van der Waals surface area contributed by atoms with E-state index in [0.29, 0.717) is 34.4 Å². The monoisotopic (exact) mass is 418 g/mol. The Hall–Kier alpha value is -2.73. The quantitative estimate of drug-likeness (QED) is 0.632. The van der Waals surface area contributed by atoms with Crippen LogP contribution in [0.4, 0.5) is 15.8 Å². The van der Waals surface area contributed by atoms with Crippen LogP contribution in [0.3, 0.4) is 0 Å². The van der Waals surface area contributed by atoms with E-state index in [2.05, 4.69) is 10.2 Å². The Labute approximate surface area is 175 Å². The van der Waals surface area contributed by atoms with Crippen LogP contribution in [0.1, 0.15) is 25.3 Å². The first-order valence-corrected chi connectivity index (χ1v) is 9.94. The number of carbonyl (C=O) groups excluding carboxylic acids is 1. The highest BCUT2D eigenvalue weighted by molar-refractivity contribution is 6.32. The molecule has 0 bridgehead atoms. The number of nitrogens with one attached hydrogen (secondary N) is 1. The molecule has 0 radical (unpaired) electrons. The maximum absolute atomic E-state index is 14.4. The van der Waals surface area contributed by atoms with Gasteiger partial charge in [-0.15, -0.1) is 0 Å². The predicted molar refractivity (Wildman–Crippen MR) is 115 cm³/mol. The number of para-hydroxylation sites is 1. The number of amides is 1. The van der Waals surface area contributed by atoms with Gasteiger partial charge < -0.3 is 19.7 Å². The van der Waals surface area contributed by atoms with Crippen molar-refractivity contribution in [3.63, 3.8) is 0 Å². The van der Waals surface area contributed by atoms with E-state index in [9.17, 15) is 9.18 Å². The van der Waals surface area contributed by atoms with E-state index in [4.69, 9.17) is 21.1 Å². The topological polar surface area (TPSA) is 50.8 Å². The van der Waals surface area contributed by atoms with Gasteiger partial charge in [0.2, 0.25) is 5.91 Å². The van der Waals surface area contributed by atoms with E-state index in [1.165, 1.54) is 19.3 Å². The van der Waals surface area contributed by atoms with Crippen LogP contribution in [0, 0.1) is 5.82 Å². The van der Waals surface area contributed by atoms with Gasteiger partial charge in [-0.3, -0.25) is 4.79 Å². The number of halogens is 2. The molecule has 0 unspecified atom stereocenters. The molecule has 1 fully saturated rings. The van der Waals surface area contributed by atoms with E-state index in [0.717, 1.165) is 25.9 Å². The Morgan fingerprint density at radius 3 is 2.76 bits per heavy atom. The first kappa shape index (κ1) is 21.0. The van der Waals surface area contributed by atoms with Crippen LogP contribution < -0.4 is 19.7 Å². The molecule has 1 amide bonds. The summed E-state index contributed by atoms with van der Waals surface area (Å²) in [7, 11) is 1.51. The Bertz CT molecular complexity index is 911. The van der Waals surface area contributed by atoms with Gasteiger partial charge in [-0.1, -0.05) is 17.7 Å². The third kappa shape index (κ3) is 5.01. The highest BCUT2D eigenvalue weighted by Crippen LogP contribution is 2.37. The molecule has 1 N–H and O–H groups in total. The lowest BCUT2D eigenvalue weighted by Crippen LogP contribution is -2.21. The number of hydrogen-bond acceptors (Lipinski definition) is 4. The van der Waals surface area contributed by atoms with Gasteiger partial charge in [0.05, 0.1) is 24.4 Å². The summed E-state index contributed by atoms with van der Waals surface area (Å²) >= 11 is 6.24. The van der Waals surface area contributed by atoms with Crippen LogP contribution in [-0.4, -0.2) is 32.7 Å². The maximum Gasteiger partial charge on any atom is 0.248 e. The van der Waals surface area contributed by atoms with E-state index in [1.807, 2.05) is 13.0 Å². The van der Waals surface area contributed by atoms with Gasteiger partial charge in [0.15, 0.2) is 11.5 Å². The zero-order chi connectivity index (χ0) is 20.8. The van der Waals surface area contributed by atoms with Crippen molar-refractivity contribution in [1.29, 1.82) is 0 Å². The summed E-state index contributed by atoms with van der Waals surface area (Å²) in [5.41, 5.74) is 1.57. The zero-order valence-electron chi connectivity index (χ0n) is 16.5. The van der Waals surface area contributed by atoms with E-state index in [-0.39, 0.29) is 5.69 Å². The first-order valence-electron chi connectivity index (χ1n) is 9.56. The summed E-state index contributed by atoms with van der Waals surface area (Å²) in [5.74, 6) is 0.0485. The normalized spacial score (nSPS) is 13.7.